The highest BCUT2D eigenvalue weighted by Crippen LogP contribution is 2.43. The predicted molar refractivity (Wildman–Crippen MR) is 113 cm³/mol. The minimum Gasteiger partial charge on any atom is -0.345 e. The third-order valence-corrected chi connectivity index (χ3v) is 6.48. The molecule has 4 nitrogen and oxygen atoms in total. The second kappa shape index (κ2) is 8.19. The Hall–Kier alpha value is -1.59. The standard InChI is InChI=1S/C21H24BrClN2O2/c1-4-11-25-13(3)17(12(2)18(22)21(25)27)20(26)24-19(14-9-10-14)15-7-5-6-8-16(15)23/h5-8,14,19H,4,9-11H2,1-3H3,(H,24,26). The summed E-state index contributed by atoms with van der Waals surface area (Å²) in [5.74, 6) is 0.242. The maximum Gasteiger partial charge on any atom is 0.265 e. The molecule has 0 spiro atoms. The summed E-state index contributed by atoms with van der Waals surface area (Å²) in [6.45, 7) is 6.25. The van der Waals surface area contributed by atoms with Crippen molar-refractivity contribution in [1.29, 1.82) is 0 Å². The molecule has 0 aliphatic heterocycles. The predicted octanol–water partition coefficient (Wildman–Crippen LogP) is 5.17. The maximum atomic E-state index is 13.2. The van der Waals surface area contributed by atoms with Crippen LogP contribution in [0.4, 0.5) is 0 Å². The van der Waals surface area contributed by atoms with E-state index >= 15 is 0 Å². The first-order valence-electron chi connectivity index (χ1n) is 9.31. The number of aromatic nitrogens is 1. The quantitative estimate of drug-likeness (QED) is 0.658. The van der Waals surface area contributed by atoms with Gasteiger partial charge in [-0.15, -0.1) is 0 Å². The molecule has 6 heteroatoms. The minimum absolute atomic E-state index is 0.0896. The second-order valence-electron chi connectivity index (χ2n) is 7.17. The van der Waals surface area contributed by atoms with Gasteiger partial charge in [-0.2, -0.15) is 0 Å². The van der Waals surface area contributed by atoms with Crippen LogP contribution in [0, 0.1) is 19.8 Å². The highest BCUT2D eigenvalue weighted by atomic mass is 79.9. The van der Waals surface area contributed by atoms with Crippen molar-refractivity contribution in [2.75, 3.05) is 0 Å². The number of carbonyl (C=O) groups excluding carboxylic acids is 1. The van der Waals surface area contributed by atoms with E-state index in [2.05, 4.69) is 21.2 Å². The average molecular weight is 452 g/mol. The van der Waals surface area contributed by atoms with Crippen LogP contribution in [0.3, 0.4) is 0 Å². The molecule has 27 heavy (non-hydrogen) atoms. The van der Waals surface area contributed by atoms with Crippen molar-refractivity contribution in [3.05, 3.63) is 66.5 Å². The number of hydrogen-bond acceptors (Lipinski definition) is 2. The largest absolute Gasteiger partial charge is 0.345 e. The van der Waals surface area contributed by atoms with E-state index in [1.165, 1.54) is 0 Å². The molecule has 1 saturated carbocycles. The van der Waals surface area contributed by atoms with Crippen molar-refractivity contribution >= 4 is 33.4 Å². The van der Waals surface area contributed by atoms with Gasteiger partial charge in [-0.25, -0.2) is 0 Å². The van der Waals surface area contributed by atoms with Gasteiger partial charge in [-0.3, -0.25) is 9.59 Å². The fraction of sp³-hybridized carbons (Fsp3) is 0.429. The summed E-state index contributed by atoms with van der Waals surface area (Å²) in [6.07, 6.45) is 2.97. The van der Waals surface area contributed by atoms with E-state index in [0.717, 1.165) is 24.8 Å². The van der Waals surface area contributed by atoms with Crippen molar-refractivity contribution in [2.24, 2.45) is 5.92 Å². The van der Waals surface area contributed by atoms with Gasteiger partial charge in [0, 0.05) is 17.3 Å². The normalized spacial score (nSPS) is 14.9. The smallest absolute Gasteiger partial charge is 0.265 e. The summed E-state index contributed by atoms with van der Waals surface area (Å²) in [5, 5.41) is 3.86. The molecular formula is C21H24BrClN2O2. The van der Waals surface area contributed by atoms with E-state index in [1.54, 1.807) is 4.57 Å². The highest BCUT2D eigenvalue weighted by molar-refractivity contribution is 9.10. The van der Waals surface area contributed by atoms with Gasteiger partial charge in [-0.05, 0) is 72.2 Å². The van der Waals surface area contributed by atoms with Crippen LogP contribution >= 0.6 is 27.5 Å². The maximum absolute atomic E-state index is 13.2. The Balaban J connectivity index is 2.00. The van der Waals surface area contributed by atoms with Crippen LogP contribution < -0.4 is 10.9 Å². The first-order chi connectivity index (χ1) is 12.9. The number of nitrogens with one attached hydrogen (secondary N) is 1. The van der Waals surface area contributed by atoms with Crippen LogP contribution in [0.25, 0.3) is 0 Å². The van der Waals surface area contributed by atoms with Crippen molar-refractivity contribution in [2.45, 2.75) is 52.6 Å². The van der Waals surface area contributed by atoms with Crippen LogP contribution in [-0.2, 0) is 6.54 Å². The number of halogens is 2. The molecule has 1 unspecified atom stereocenters. The fourth-order valence-electron chi connectivity index (χ4n) is 3.59. The van der Waals surface area contributed by atoms with Crippen molar-refractivity contribution in [1.82, 2.24) is 9.88 Å². The number of rotatable bonds is 6. The zero-order chi connectivity index (χ0) is 19.7. The van der Waals surface area contributed by atoms with Crippen LogP contribution in [-0.4, -0.2) is 10.5 Å². The van der Waals surface area contributed by atoms with Gasteiger partial charge in [0.05, 0.1) is 16.1 Å². The third-order valence-electron chi connectivity index (χ3n) is 5.20. The Labute approximate surface area is 173 Å². The minimum atomic E-state index is -0.160. The summed E-state index contributed by atoms with van der Waals surface area (Å²) in [6, 6.07) is 7.54. The SMILES string of the molecule is CCCn1c(C)c(C(=O)NC(c2ccccc2Cl)C2CC2)c(C)c(Br)c1=O. The van der Waals surface area contributed by atoms with Gasteiger partial charge in [-0.1, -0.05) is 36.7 Å². The first kappa shape index (κ1) is 20.2. The Kier molecular flexibility index (Phi) is 6.11. The molecule has 1 aromatic heterocycles. The number of hydrogen-bond donors (Lipinski definition) is 1. The molecule has 3 rings (SSSR count). The molecular weight excluding hydrogens is 428 g/mol. The lowest BCUT2D eigenvalue weighted by atomic mass is 10.0. The number of carbonyl (C=O) groups is 1. The third kappa shape index (κ3) is 3.99. The van der Waals surface area contributed by atoms with Gasteiger partial charge >= 0.3 is 0 Å². The van der Waals surface area contributed by atoms with E-state index in [4.69, 9.17) is 11.6 Å². The molecule has 1 amide bonds. The molecule has 144 valence electrons. The molecule has 1 aromatic carbocycles. The van der Waals surface area contributed by atoms with Crippen molar-refractivity contribution in [3.63, 3.8) is 0 Å². The molecule has 1 aliphatic rings. The fourth-order valence-corrected chi connectivity index (χ4v) is 4.26. The van der Waals surface area contributed by atoms with Crippen LogP contribution in [0.5, 0.6) is 0 Å². The van der Waals surface area contributed by atoms with Gasteiger partial charge < -0.3 is 9.88 Å². The van der Waals surface area contributed by atoms with Gasteiger partial charge in [0.25, 0.3) is 11.5 Å². The summed E-state index contributed by atoms with van der Waals surface area (Å²) < 4.78 is 2.13. The summed E-state index contributed by atoms with van der Waals surface area (Å²) in [4.78, 5) is 25.8. The molecule has 0 radical (unpaired) electrons. The van der Waals surface area contributed by atoms with Crippen molar-refractivity contribution < 1.29 is 4.79 Å². The van der Waals surface area contributed by atoms with Gasteiger partial charge in [0.2, 0.25) is 0 Å². The number of amides is 1. The summed E-state index contributed by atoms with van der Waals surface area (Å²) in [5.41, 5.74) is 2.80. The summed E-state index contributed by atoms with van der Waals surface area (Å²) >= 11 is 9.77. The number of pyridine rings is 1. The van der Waals surface area contributed by atoms with Crippen molar-refractivity contribution in [3.8, 4) is 0 Å². The Morgan fingerprint density at radius 3 is 2.59 bits per heavy atom. The summed E-state index contributed by atoms with van der Waals surface area (Å²) in [7, 11) is 0. The lowest BCUT2D eigenvalue weighted by molar-refractivity contribution is 0.0929. The molecule has 1 heterocycles. The zero-order valence-electron chi connectivity index (χ0n) is 15.8. The molecule has 2 aromatic rings. The van der Waals surface area contributed by atoms with Gasteiger partial charge in [0.1, 0.15) is 0 Å². The first-order valence-corrected chi connectivity index (χ1v) is 10.5. The lowest BCUT2D eigenvalue weighted by Gasteiger charge is -2.23. The van der Waals surface area contributed by atoms with Crippen LogP contribution in [0.1, 0.15) is 59.4 Å². The lowest BCUT2D eigenvalue weighted by Crippen LogP contribution is -2.34. The van der Waals surface area contributed by atoms with E-state index < -0.39 is 0 Å². The molecule has 1 N–H and O–H groups in total. The van der Waals surface area contributed by atoms with Crippen LogP contribution in [0.15, 0.2) is 33.5 Å². The monoisotopic (exact) mass is 450 g/mol. The molecule has 0 bridgehead atoms. The average Bonchev–Trinajstić information content (AvgIpc) is 3.47. The van der Waals surface area contributed by atoms with E-state index in [1.807, 2.05) is 45.0 Å². The Morgan fingerprint density at radius 2 is 2.00 bits per heavy atom. The molecule has 1 fully saturated rings. The number of nitrogens with zero attached hydrogens (tertiary/aromatic N) is 1. The Morgan fingerprint density at radius 1 is 1.33 bits per heavy atom. The van der Waals surface area contributed by atoms with Crippen LogP contribution in [0.2, 0.25) is 5.02 Å². The van der Waals surface area contributed by atoms with E-state index in [-0.39, 0.29) is 17.5 Å². The van der Waals surface area contributed by atoms with Gasteiger partial charge in [0.15, 0.2) is 0 Å². The Bertz CT molecular complexity index is 935. The zero-order valence-corrected chi connectivity index (χ0v) is 18.2. The highest BCUT2D eigenvalue weighted by Gasteiger charge is 2.35. The molecule has 1 aliphatic carbocycles. The van der Waals surface area contributed by atoms with E-state index in [0.29, 0.717) is 38.8 Å². The molecule has 0 saturated heterocycles. The topological polar surface area (TPSA) is 51.1 Å². The molecule has 1 atom stereocenters. The number of benzene rings is 1. The van der Waals surface area contributed by atoms with E-state index in [9.17, 15) is 9.59 Å². The second-order valence-corrected chi connectivity index (χ2v) is 8.37.